The Morgan fingerprint density at radius 2 is 1.75 bits per heavy atom. The number of hydrogen-bond donors (Lipinski definition) is 1. The van der Waals surface area contributed by atoms with E-state index in [1.54, 1.807) is 0 Å². The van der Waals surface area contributed by atoms with E-state index in [2.05, 4.69) is 26.3 Å². The molecule has 0 unspecified atom stereocenters. The minimum Gasteiger partial charge on any atom is -0.381 e. The van der Waals surface area contributed by atoms with Gasteiger partial charge in [-0.25, -0.2) is 4.68 Å². The molecule has 0 atom stereocenters. The number of anilines is 1. The summed E-state index contributed by atoms with van der Waals surface area (Å²) in [4.78, 5) is 0. The normalized spacial score (nSPS) is 10.4. The van der Waals surface area contributed by atoms with Crippen molar-refractivity contribution >= 4 is 21.6 Å². The van der Waals surface area contributed by atoms with Crippen molar-refractivity contribution in [3.63, 3.8) is 0 Å². The summed E-state index contributed by atoms with van der Waals surface area (Å²) < 4.78 is 2.97. The van der Waals surface area contributed by atoms with Crippen LogP contribution in [0.15, 0.2) is 71.5 Å². The number of nitrogens with zero attached hydrogens (tertiary/aromatic N) is 2. The summed E-state index contributed by atoms with van der Waals surface area (Å²) in [5, 5.41) is 7.76. The molecule has 4 heteroatoms. The molecule has 20 heavy (non-hydrogen) atoms. The van der Waals surface area contributed by atoms with E-state index in [0.29, 0.717) is 0 Å². The quantitative estimate of drug-likeness (QED) is 0.776. The predicted molar refractivity (Wildman–Crippen MR) is 85.0 cm³/mol. The highest BCUT2D eigenvalue weighted by atomic mass is 79.9. The number of aromatic nitrogens is 2. The van der Waals surface area contributed by atoms with Gasteiger partial charge in [0.05, 0.1) is 11.9 Å². The molecule has 0 aliphatic heterocycles. The lowest BCUT2D eigenvalue weighted by Crippen LogP contribution is -1.98. The zero-order valence-electron chi connectivity index (χ0n) is 10.8. The standard InChI is InChI=1S/C16H14BrN3/c17-14-6-8-15(9-7-14)18-10-13-11-19-20(12-13)16-4-2-1-3-5-16/h1-9,11-12,18H,10H2. The fourth-order valence-electron chi connectivity index (χ4n) is 1.95. The fourth-order valence-corrected chi connectivity index (χ4v) is 2.21. The molecule has 0 radical (unpaired) electrons. The van der Waals surface area contributed by atoms with E-state index in [4.69, 9.17) is 0 Å². The van der Waals surface area contributed by atoms with Crippen LogP contribution in [-0.2, 0) is 6.54 Å². The number of para-hydroxylation sites is 1. The maximum atomic E-state index is 4.38. The van der Waals surface area contributed by atoms with Gasteiger partial charge in [0.25, 0.3) is 0 Å². The average molecular weight is 328 g/mol. The van der Waals surface area contributed by atoms with Crippen molar-refractivity contribution in [3.8, 4) is 5.69 Å². The Morgan fingerprint density at radius 1 is 1.00 bits per heavy atom. The van der Waals surface area contributed by atoms with Crippen LogP contribution in [0.2, 0.25) is 0 Å². The molecular weight excluding hydrogens is 314 g/mol. The van der Waals surface area contributed by atoms with E-state index >= 15 is 0 Å². The molecule has 1 N–H and O–H groups in total. The lowest BCUT2D eigenvalue weighted by molar-refractivity contribution is 0.880. The summed E-state index contributed by atoms with van der Waals surface area (Å²) in [6, 6.07) is 18.2. The minimum absolute atomic E-state index is 0.758. The molecular formula is C16H14BrN3. The number of nitrogens with one attached hydrogen (secondary N) is 1. The van der Waals surface area contributed by atoms with Crippen LogP contribution in [-0.4, -0.2) is 9.78 Å². The van der Waals surface area contributed by atoms with Gasteiger partial charge in [0.2, 0.25) is 0 Å². The maximum Gasteiger partial charge on any atom is 0.0645 e. The van der Waals surface area contributed by atoms with Crippen LogP contribution in [0.25, 0.3) is 5.69 Å². The van der Waals surface area contributed by atoms with Gasteiger partial charge in [-0.15, -0.1) is 0 Å². The van der Waals surface area contributed by atoms with Gasteiger partial charge in [0, 0.05) is 28.5 Å². The number of halogens is 1. The van der Waals surface area contributed by atoms with Gasteiger partial charge in [-0.2, -0.15) is 5.10 Å². The molecule has 0 aliphatic carbocycles. The molecule has 3 nitrogen and oxygen atoms in total. The van der Waals surface area contributed by atoms with Crippen LogP contribution in [0.1, 0.15) is 5.56 Å². The van der Waals surface area contributed by atoms with Crippen LogP contribution in [0.4, 0.5) is 5.69 Å². The predicted octanol–water partition coefficient (Wildman–Crippen LogP) is 4.25. The van der Waals surface area contributed by atoms with Gasteiger partial charge < -0.3 is 5.32 Å². The summed E-state index contributed by atoms with van der Waals surface area (Å²) in [5.74, 6) is 0. The van der Waals surface area contributed by atoms with Crippen LogP contribution in [0, 0.1) is 0 Å². The highest BCUT2D eigenvalue weighted by molar-refractivity contribution is 9.10. The zero-order valence-corrected chi connectivity index (χ0v) is 12.4. The van der Waals surface area contributed by atoms with E-state index in [1.165, 1.54) is 0 Å². The Morgan fingerprint density at radius 3 is 2.50 bits per heavy atom. The first-order valence-electron chi connectivity index (χ1n) is 6.40. The first-order valence-corrected chi connectivity index (χ1v) is 7.19. The average Bonchev–Trinajstić information content (AvgIpc) is 2.97. The Balaban J connectivity index is 1.67. The van der Waals surface area contributed by atoms with Crippen LogP contribution >= 0.6 is 15.9 Å². The molecule has 2 aromatic carbocycles. The van der Waals surface area contributed by atoms with E-state index in [1.807, 2.05) is 71.7 Å². The number of benzene rings is 2. The van der Waals surface area contributed by atoms with Gasteiger partial charge in [-0.1, -0.05) is 34.1 Å². The molecule has 100 valence electrons. The smallest absolute Gasteiger partial charge is 0.0645 e. The van der Waals surface area contributed by atoms with Gasteiger partial charge in [-0.05, 0) is 36.4 Å². The monoisotopic (exact) mass is 327 g/mol. The maximum absolute atomic E-state index is 4.38. The van der Waals surface area contributed by atoms with Crippen molar-refractivity contribution in [2.45, 2.75) is 6.54 Å². The third kappa shape index (κ3) is 3.08. The van der Waals surface area contributed by atoms with Crippen molar-refractivity contribution in [1.29, 1.82) is 0 Å². The second-order valence-electron chi connectivity index (χ2n) is 4.49. The third-order valence-corrected chi connectivity index (χ3v) is 3.53. The van der Waals surface area contributed by atoms with E-state index < -0.39 is 0 Å². The lowest BCUT2D eigenvalue weighted by Gasteiger charge is -2.04. The highest BCUT2D eigenvalue weighted by Crippen LogP contribution is 2.15. The Kier molecular flexibility index (Phi) is 3.83. The van der Waals surface area contributed by atoms with Crippen molar-refractivity contribution in [2.24, 2.45) is 0 Å². The second-order valence-corrected chi connectivity index (χ2v) is 5.40. The van der Waals surface area contributed by atoms with Crippen molar-refractivity contribution in [1.82, 2.24) is 9.78 Å². The van der Waals surface area contributed by atoms with E-state index in [-0.39, 0.29) is 0 Å². The van der Waals surface area contributed by atoms with Crippen molar-refractivity contribution in [2.75, 3.05) is 5.32 Å². The molecule has 3 aromatic rings. The molecule has 0 saturated heterocycles. The summed E-state index contributed by atoms with van der Waals surface area (Å²) in [6.07, 6.45) is 3.93. The number of rotatable bonds is 4. The highest BCUT2D eigenvalue weighted by Gasteiger charge is 2.00. The molecule has 0 spiro atoms. The second kappa shape index (κ2) is 5.92. The van der Waals surface area contributed by atoms with Crippen molar-refractivity contribution in [3.05, 3.63) is 77.0 Å². The molecule has 0 amide bonds. The minimum atomic E-state index is 0.758. The third-order valence-electron chi connectivity index (χ3n) is 3.00. The van der Waals surface area contributed by atoms with Crippen LogP contribution in [0.5, 0.6) is 0 Å². The topological polar surface area (TPSA) is 29.9 Å². The van der Waals surface area contributed by atoms with Gasteiger partial charge in [0.1, 0.15) is 0 Å². The van der Waals surface area contributed by atoms with Gasteiger partial charge in [-0.3, -0.25) is 0 Å². The van der Waals surface area contributed by atoms with Crippen LogP contribution in [0.3, 0.4) is 0 Å². The zero-order chi connectivity index (χ0) is 13.8. The molecule has 1 aromatic heterocycles. The van der Waals surface area contributed by atoms with E-state index in [0.717, 1.165) is 28.0 Å². The summed E-state index contributed by atoms with van der Waals surface area (Å²) in [7, 11) is 0. The van der Waals surface area contributed by atoms with Gasteiger partial charge in [0.15, 0.2) is 0 Å². The molecule has 0 fully saturated rings. The van der Waals surface area contributed by atoms with E-state index in [9.17, 15) is 0 Å². The summed E-state index contributed by atoms with van der Waals surface area (Å²) in [6.45, 7) is 0.758. The fraction of sp³-hybridized carbons (Fsp3) is 0.0625. The number of hydrogen-bond acceptors (Lipinski definition) is 2. The molecule has 0 saturated carbocycles. The first-order chi connectivity index (χ1) is 9.81. The van der Waals surface area contributed by atoms with Gasteiger partial charge >= 0.3 is 0 Å². The molecule has 3 rings (SSSR count). The molecule has 0 aliphatic rings. The Hall–Kier alpha value is -2.07. The molecule has 1 heterocycles. The Bertz CT molecular complexity index is 674. The SMILES string of the molecule is Brc1ccc(NCc2cnn(-c3ccccc3)c2)cc1. The first kappa shape index (κ1) is 12.9. The summed E-state index contributed by atoms with van der Waals surface area (Å²) in [5.41, 5.74) is 3.32. The van der Waals surface area contributed by atoms with Crippen molar-refractivity contribution < 1.29 is 0 Å². The van der Waals surface area contributed by atoms with Crippen LogP contribution < -0.4 is 5.32 Å². The Labute approximate surface area is 126 Å². The summed E-state index contributed by atoms with van der Waals surface area (Å²) >= 11 is 3.43. The lowest BCUT2D eigenvalue weighted by atomic mass is 10.3. The molecule has 0 bridgehead atoms. The largest absolute Gasteiger partial charge is 0.381 e.